The SMILES string of the molecule is C/C(=N\[N-]C=N)[C@H](C)S. The molecule has 0 unspecified atom stereocenters. The molecule has 0 aromatic carbocycles. The Morgan fingerprint density at radius 1 is 1.89 bits per heavy atom. The first-order valence-electron chi connectivity index (χ1n) is 2.59. The number of thiol groups is 1. The summed E-state index contributed by atoms with van der Waals surface area (Å²) in [6.45, 7) is 3.73. The molecule has 9 heavy (non-hydrogen) atoms. The van der Waals surface area contributed by atoms with Crippen LogP contribution >= 0.6 is 12.6 Å². The summed E-state index contributed by atoms with van der Waals surface area (Å²) in [4.78, 5) is 0. The Kier molecular flexibility index (Phi) is 4.13. The van der Waals surface area contributed by atoms with Crippen LogP contribution in [-0.2, 0) is 0 Å². The van der Waals surface area contributed by atoms with Crippen molar-refractivity contribution in [2.45, 2.75) is 19.1 Å². The van der Waals surface area contributed by atoms with E-state index < -0.39 is 0 Å². The molecule has 0 heterocycles. The molecule has 0 spiro atoms. The summed E-state index contributed by atoms with van der Waals surface area (Å²) in [6.07, 6.45) is 0.902. The first-order valence-corrected chi connectivity index (χ1v) is 3.11. The normalized spacial score (nSPS) is 14.8. The van der Waals surface area contributed by atoms with E-state index in [-0.39, 0.29) is 5.25 Å². The van der Waals surface area contributed by atoms with Gasteiger partial charge in [0.25, 0.3) is 0 Å². The number of nitrogens with zero attached hydrogens (tertiary/aromatic N) is 2. The Hall–Kier alpha value is -0.510. The predicted octanol–water partition coefficient (Wildman–Crippen LogP) is 1.66. The molecule has 0 saturated heterocycles. The van der Waals surface area contributed by atoms with Gasteiger partial charge in [0.05, 0.1) is 0 Å². The van der Waals surface area contributed by atoms with Gasteiger partial charge in [-0.1, -0.05) is 6.34 Å². The zero-order valence-electron chi connectivity index (χ0n) is 5.50. The second kappa shape index (κ2) is 4.38. The molecule has 1 atom stereocenters. The topological polar surface area (TPSA) is 50.3 Å². The van der Waals surface area contributed by atoms with Crippen LogP contribution in [0.1, 0.15) is 13.8 Å². The van der Waals surface area contributed by atoms with E-state index in [1.807, 2.05) is 13.8 Å². The van der Waals surface area contributed by atoms with Gasteiger partial charge in [0.1, 0.15) is 0 Å². The fourth-order valence-corrected chi connectivity index (χ4v) is 0.255. The Morgan fingerprint density at radius 2 is 2.44 bits per heavy atom. The quantitative estimate of drug-likeness (QED) is 0.262. The summed E-state index contributed by atoms with van der Waals surface area (Å²) in [5.41, 5.74) is 4.19. The molecule has 0 aromatic rings. The van der Waals surface area contributed by atoms with Crippen LogP contribution in [0.5, 0.6) is 0 Å². The van der Waals surface area contributed by atoms with E-state index >= 15 is 0 Å². The van der Waals surface area contributed by atoms with Gasteiger partial charge in [-0.25, -0.2) is 0 Å². The largest absolute Gasteiger partial charge is 0.487 e. The molecule has 1 N–H and O–H groups in total. The van der Waals surface area contributed by atoms with Gasteiger partial charge in [-0.2, -0.15) is 12.6 Å². The molecule has 0 fully saturated rings. The van der Waals surface area contributed by atoms with Gasteiger partial charge >= 0.3 is 0 Å². The third kappa shape index (κ3) is 4.02. The molecule has 0 rings (SSSR count). The summed E-state index contributed by atoms with van der Waals surface area (Å²) in [5, 5.41) is 10.3. The Morgan fingerprint density at radius 3 is 2.78 bits per heavy atom. The average Bonchev–Trinajstić information content (AvgIpc) is 1.82. The van der Waals surface area contributed by atoms with E-state index in [1.165, 1.54) is 0 Å². The van der Waals surface area contributed by atoms with Crippen molar-refractivity contribution in [2.24, 2.45) is 5.10 Å². The third-order valence-corrected chi connectivity index (χ3v) is 1.25. The molecular formula is C5H10N3S-. The molecular weight excluding hydrogens is 134 g/mol. The number of hydrogen-bond acceptors (Lipinski definition) is 3. The van der Waals surface area contributed by atoms with E-state index in [0.717, 1.165) is 12.1 Å². The van der Waals surface area contributed by atoms with Gasteiger partial charge in [-0.15, -0.1) is 0 Å². The van der Waals surface area contributed by atoms with Crippen LogP contribution in [-0.4, -0.2) is 17.3 Å². The molecule has 0 aliphatic rings. The van der Waals surface area contributed by atoms with E-state index in [1.54, 1.807) is 0 Å². The van der Waals surface area contributed by atoms with Crippen LogP contribution in [0.4, 0.5) is 0 Å². The van der Waals surface area contributed by atoms with Gasteiger partial charge in [0.15, 0.2) is 0 Å². The van der Waals surface area contributed by atoms with Crippen molar-refractivity contribution in [1.29, 1.82) is 5.41 Å². The minimum Gasteiger partial charge on any atom is -0.487 e. The highest BCUT2D eigenvalue weighted by molar-refractivity contribution is 7.81. The molecule has 0 aliphatic carbocycles. The van der Waals surface area contributed by atoms with Gasteiger partial charge in [0, 0.05) is 11.0 Å². The standard InChI is InChI=1S/C5H10N3S/c1-4(5(2)9)8-7-3-6/h3,5H,1-2H3,(H2-,6,7,9)/q-1/b8-4+/t5-/m0/s1. The molecule has 0 bridgehead atoms. The maximum atomic E-state index is 6.51. The predicted molar refractivity (Wildman–Crippen MR) is 43.7 cm³/mol. The van der Waals surface area contributed by atoms with Crippen LogP contribution in [0.15, 0.2) is 5.10 Å². The maximum absolute atomic E-state index is 6.51. The lowest BCUT2D eigenvalue weighted by Gasteiger charge is -2.04. The summed E-state index contributed by atoms with van der Waals surface area (Å²) < 4.78 is 0. The van der Waals surface area contributed by atoms with Gasteiger partial charge in [-0.3, -0.25) is 5.10 Å². The summed E-state index contributed by atoms with van der Waals surface area (Å²) in [6, 6.07) is 0. The zero-order chi connectivity index (χ0) is 7.28. The van der Waals surface area contributed by atoms with Crippen molar-refractivity contribution < 1.29 is 0 Å². The van der Waals surface area contributed by atoms with Crippen LogP contribution in [0.3, 0.4) is 0 Å². The van der Waals surface area contributed by atoms with Crippen LogP contribution in [0.2, 0.25) is 0 Å². The molecule has 52 valence electrons. The molecule has 0 radical (unpaired) electrons. The maximum Gasteiger partial charge on any atom is 0.0369 e. The summed E-state index contributed by atoms with van der Waals surface area (Å²) >= 11 is 4.10. The number of rotatable bonds is 3. The monoisotopic (exact) mass is 144 g/mol. The molecule has 0 aliphatic heterocycles. The lowest BCUT2D eigenvalue weighted by atomic mass is 10.3. The van der Waals surface area contributed by atoms with E-state index in [4.69, 9.17) is 5.41 Å². The van der Waals surface area contributed by atoms with Crippen molar-refractivity contribution in [2.75, 3.05) is 0 Å². The first-order chi connectivity index (χ1) is 4.18. The third-order valence-electron chi connectivity index (χ3n) is 0.878. The Balaban J connectivity index is 3.68. The van der Waals surface area contributed by atoms with E-state index in [2.05, 4.69) is 23.2 Å². The van der Waals surface area contributed by atoms with Gasteiger partial charge in [-0.05, 0) is 13.8 Å². The minimum atomic E-state index is 0.119. The van der Waals surface area contributed by atoms with Crippen LogP contribution in [0, 0.1) is 5.41 Å². The highest BCUT2D eigenvalue weighted by Gasteiger charge is 1.94. The van der Waals surface area contributed by atoms with Crippen molar-refractivity contribution in [3.05, 3.63) is 5.43 Å². The highest BCUT2D eigenvalue weighted by atomic mass is 32.1. The average molecular weight is 144 g/mol. The highest BCUT2D eigenvalue weighted by Crippen LogP contribution is 1.97. The van der Waals surface area contributed by atoms with Crippen molar-refractivity contribution in [3.63, 3.8) is 0 Å². The molecule has 0 amide bonds. The summed E-state index contributed by atoms with van der Waals surface area (Å²) in [5.74, 6) is 0. The zero-order valence-corrected chi connectivity index (χ0v) is 6.39. The molecule has 0 saturated carbocycles. The lowest BCUT2D eigenvalue weighted by molar-refractivity contribution is 1.27. The van der Waals surface area contributed by atoms with E-state index in [0.29, 0.717) is 0 Å². The van der Waals surface area contributed by atoms with Gasteiger partial charge < -0.3 is 10.8 Å². The lowest BCUT2D eigenvalue weighted by Crippen LogP contribution is -2.04. The summed E-state index contributed by atoms with van der Waals surface area (Å²) in [7, 11) is 0. The fraction of sp³-hybridized carbons (Fsp3) is 0.600. The smallest absolute Gasteiger partial charge is 0.0369 e. The first kappa shape index (κ1) is 8.49. The van der Waals surface area contributed by atoms with Crippen LogP contribution < -0.4 is 0 Å². The Bertz CT molecular complexity index is 119. The molecule has 0 aromatic heterocycles. The van der Waals surface area contributed by atoms with Crippen molar-refractivity contribution >= 4 is 24.7 Å². The minimum absolute atomic E-state index is 0.119. The van der Waals surface area contributed by atoms with Crippen molar-refractivity contribution in [1.82, 2.24) is 0 Å². The molecule has 4 heteroatoms. The number of hydrogen-bond donors (Lipinski definition) is 2. The van der Waals surface area contributed by atoms with Crippen molar-refractivity contribution in [3.8, 4) is 0 Å². The number of nitrogens with one attached hydrogen (secondary N) is 1. The van der Waals surface area contributed by atoms with Crippen LogP contribution in [0.25, 0.3) is 5.43 Å². The Labute approximate surface area is 60.5 Å². The second-order valence-electron chi connectivity index (χ2n) is 1.66. The van der Waals surface area contributed by atoms with E-state index in [9.17, 15) is 0 Å². The van der Waals surface area contributed by atoms with Gasteiger partial charge in [0.2, 0.25) is 0 Å². The second-order valence-corrected chi connectivity index (χ2v) is 2.44. The molecule has 3 nitrogen and oxygen atoms in total. The fourth-order valence-electron chi connectivity index (χ4n) is 0.203.